The zero-order valence-corrected chi connectivity index (χ0v) is 7.51. The molecule has 0 aliphatic rings. The van der Waals surface area contributed by atoms with Gasteiger partial charge in [-0.2, -0.15) is 0 Å². The molecule has 0 unspecified atom stereocenters. The summed E-state index contributed by atoms with van der Waals surface area (Å²) in [6.07, 6.45) is 0. The average molecular weight is 223 g/mol. The monoisotopic (exact) mass is 223 g/mol. The molecular weight excluding hydrogens is 219 g/mol. The molecule has 0 atom stereocenters. The first-order valence-corrected chi connectivity index (χ1v) is 1.52. The fourth-order valence-corrected chi connectivity index (χ4v) is 0. The molecule has 0 saturated carbocycles. The molecule has 0 spiro atoms. The SMILES string of the molecule is C=C.[C-]#[O+].[C-]#[O+].[C-]#[O+].[C-]#[O+].[C-]#[O+].[Mn]. The molecule has 0 rings (SSSR count). The fraction of sp³-hybridized carbons (Fsp3) is 0. The minimum Gasteiger partial charge on any atom is 0 e. The zero-order valence-electron chi connectivity index (χ0n) is 6.33. The molecule has 0 N–H and O–H groups in total. The van der Waals surface area contributed by atoms with E-state index in [1.807, 2.05) is 0 Å². The van der Waals surface area contributed by atoms with E-state index in [0.717, 1.165) is 0 Å². The van der Waals surface area contributed by atoms with E-state index in [1.54, 1.807) is 0 Å². The summed E-state index contributed by atoms with van der Waals surface area (Å²) in [4.78, 5) is 0. The van der Waals surface area contributed by atoms with Crippen molar-refractivity contribution in [1.82, 2.24) is 0 Å². The molecule has 6 heteroatoms. The minimum absolute atomic E-state index is 0. The van der Waals surface area contributed by atoms with Crippen LogP contribution >= 0.6 is 0 Å². The van der Waals surface area contributed by atoms with Gasteiger partial charge in [-0.15, -0.1) is 13.2 Å². The summed E-state index contributed by atoms with van der Waals surface area (Å²) >= 11 is 0. The number of hydrogen-bond donors (Lipinski definition) is 0. The molecule has 0 aliphatic carbocycles. The average Bonchev–Trinajstić information content (AvgIpc) is 2.33. The van der Waals surface area contributed by atoms with Crippen molar-refractivity contribution in [2.24, 2.45) is 0 Å². The van der Waals surface area contributed by atoms with Crippen LogP contribution in [0.25, 0.3) is 0 Å². The maximum absolute atomic E-state index is 7.50. The Morgan fingerprint density at radius 2 is 0.462 bits per heavy atom. The third-order valence-electron chi connectivity index (χ3n) is 0. The predicted molar refractivity (Wildman–Crippen MR) is 30.9 cm³/mol. The molecule has 0 aromatic heterocycles. The van der Waals surface area contributed by atoms with E-state index in [0.29, 0.717) is 0 Å². The zero-order chi connectivity index (χ0) is 12.0. The second-order valence-corrected chi connectivity index (χ2v) is 0. The molecule has 1 radical (unpaired) electrons. The fourth-order valence-electron chi connectivity index (χ4n) is 0. The largest absolute Gasteiger partial charge is 0 e. The van der Waals surface area contributed by atoms with E-state index >= 15 is 0 Å². The van der Waals surface area contributed by atoms with Gasteiger partial charge in [-0.25, -0.2) is 0 Å². The second kappa shape index (κ2) is 1000. The van der Waals surface area contributed by atoms with Crippen LogP contribution in [-0.4, -0.2) is 0 Å². The Bertz CT molecular complexity index is 86.2. The van der Waals surface area contributed by atoms with Gasteiger partial charge in [0.2, 0.25) is 0 Å². The van der Waals surface area contributed by atoms with Crippen LogP contribution in [0.2, 0.25) is 0 Å². The van der Waals surface area contributed by atoms with E-state index in [4.69, 9.17) is 23.3 Å². The van der Waals surface area contributed by atoms with Gasteiger partial charge in [-0.1, -0.05) is 0 Å². The van der Waals surface area contributed by atoms with Gasteiger partial charge in [0.1, 0.15) is 0 Å². The molecule has 0 saturated heterocycles. The van der Waals surface area contributed by atoms with Crippen molar-refractivity contribution in [2.75, 3.05) is 0 Å². The van der Waals surface area contributed by atoms with Crippen LogP contribution in [0, 0.1) is 33.3 Å². The quantitative estimate of drug-likeness (QED) is 0.248. The summed E-state index contributed by atoms with van der Waals surface area (Å²) in [5, 5.41) is 0. The Morgan fingerprint density at radius 1 is 0.462 bits per heavy atom. The van der Waals surface area contributed by atoms with Crippen molar-refractivity contribution in [3.63, 3.8) is 0 Å². The topological polar surface area (TPSA) is 99.5 Å². The predicted octanol–water partition coefficient (Wildman–Crippen LogP) is 0.612. The van der Waals surface area contributed by atoms with Crippen molar-refractivity contribution < 1.29 is 40.3 Å². The Kier molecular flexibility index (Phi) is 4510. The molecule has 0 aliphatic heterocycles. The van der Waals surface area contributed by atoms with E-state index in [2.05, 4.69) is 46.4 Å². The van der Waals surface area contributed by atoms with Crippen LogP contribution in [0.4, 0.5) is 0 Å². The molecule has 13 heavy (non-hydrogen) atoms. The minimum atomic E-state index is 0. The van der Waals surface area contributed by atoms with Gasteiger partial charge >= 0.3 is 56.5 Å². The van der Waals surface area contributed by atoms with Gasteiger partial charge in [-0.3, -0.25) is 0 Å². The molecule has 0 bridgehead atoms. The summed E-state index contributed by atoms with van der Waals surface area (Å²) in [7, 11) is 0. The van der Waals surface area contributed by atoms with Crippen molar-refractivity contribution in [3.8, 4) is 0 Å². The summed E-state index contributed by atoms with van der Waals surface area (Å²) in [6, 6.07) is 0. The maximum atomic E-state index is 7.50. The first-order chi connectivity index (χ1) is 6.00. The first-order valence-electron chi connectivity index (χ1n) is 1.52. The van der Waals surface area contributed by atoms with Crippen molar-refractivity contribution in [3.05, 3.63) is 46.4 Å². The summed E-state index contributed by atoms with van der Waals surface area (Å²) in [5.74, 6) is 0. The van der Waals surface area contributed by atoms with Gasteiger partial charge in [0.05, 0.1) is 0 Å². The molecule has 0 heterocycles. The van der Waals surface area contributed by atoms with Crippen molar-refractivity contribution in [1.29, 1.82) is 0 Å². The van der Waals surface area contributed by atoms with Gasteiger partial charge < -0.3 is 0 Å². The molecule has 0 fully saturated rings. The third kappa shape index (κ3) is 813. The van der Waals surface area contributed by atoms with E-state index in [1.165, 1.54) is 0 Å². The van der Waals surface area contributed by atoms with Crippen LogP contribution in [0.5, 0.6) is 0 Å². The molecule has 69 valence electrons. The molecule has 0 aromatic rings. The van der Waals surface area contributed by atoms with Crippen molar-refractivity contribution in [2.45, 2.75) is 0 Å². The number of hydrogen-bond acceptors (Lipinski definition) is 0. The standard InChI is InChI=1S/C2H4.5CO.Mn/c6*1-2;/h1-2H2;;;;;;. The van der Waals surface area contributed by atoms with Gasteiger partial charge in [0.25, 0.3) is 0 Å². The van der Waals surface area contributed by atoms with Gasteiger partial charge in [0, 0.05) is 17.1 Å². The maximum Gasteiger partial charge on any atom is 0 e. The van der Waals surface area contributed by atoms with E-state index < -0.39 is 0 Å². The molecule has 0 aromatic carbocycles. The summed E-state index contributed by atoms with van der Waals surface area (Å²) in [5.41, 5.74) is 0. The Labute approximate surface area is 87.3 Å². The first kappa shape index (κ1) is 58.4. The van der Waals surface area contributed by atoms with Crippen LogP contribution in [0.1, 0.15) is 0 Å². The Balaban J connectivity index is -0.00000000655. The van der Waals surface area contributed by atoms with E-state index in [9.17, 15) is 0 Å². The third-order valence-corrected chi connectivity index (χ3v) is 0. The normalized spacial score (nSPS) is 1.08. The van der Waals surface area contributed by atoms with Crippen LogP contribution in [0.3, 0.4) is 0 Å². The van der Waals surface area contributed by atoms with Gasteiger partial charge in [-0.05, 0) is 0 Å². The van der Waals surface area contributed by atoms with Crippen LogP contribution in [0.15, 0.2) is 13.2 Å². The van der Waals surface area contributed by atoms with Crippen LogP contribution < -0.4 is 0 Å². The Morgan fingerprint density at radius 3 is 0.462 bits per heavy atom. The molecular formula is C7H4MnO5. The van der Waals surface area contributed by atoms with Crippen molar-refractivity contribution >= 4 is 0 Å². The molecule has 0 amide bonds. The van der Waals surface area contributed by atoms with Gasteiger partial charge in [0.15, 0.2) is 0 Å². The summed E-state index contributed by atoms with van der Waals surface area (Å²) in [6.45, 7) is 28.5. The van der Waals surface area contributed by atoms with E-state index in [-0.39, 0.29) is 17.1 Å². The smallest absolute Gasteiger partial charge is 0 e. The second-order valence-electron chi connectivity index (χ2n) is 0. The summed E-state index contributed by atoms with van der Waals surface area (Å²) < 4.78 is 37.5. The Hall–Kier alpha value is -1.04. The van der Waals surface area contributed by atoms with Crippen LogP contribution in [-0.2, 0) is 40.3 Å². The number of rotatable bonds is 0. The molecule has 5 nitrogen and oxygen atoms in total.